The predicted molar refractivity (Wildman–Crippen MR) is 60.2 cm³/mol. The summed E-state index contributed by atoms with van der Waals surface area (Å²) in [6.07, 6.45) is 2.69. The average Bonchev–Trinajstić information content (AvgIpc) is 2.71. The molecule has 1 aromatic heterocycles. The number of unbranched alkanes of at least 4 members (excludes halogenated alkanes) is 1. The van der Waals surface area contributed by atoms with E-state index in [1.54, 1.807) is 11.3 Å². The number of thiophene rings is 1. The number of nitrogens with zero attached hydrogens (tertiary/aromatic N) is 1. The Balaban J connectivity index is 2.30. The molecule has 1 unspecified atom stereocenters. The molecule has 2 nitrogen and oxygen atoms in total. The van der Waals surface area contributed by atoms with Crippen LogP contribution in [0.4, 0.5) is 0 Å². The van der Waals surface area contributed by atoms with Crippen molar-refractivity contribution in [1.82, 2.24) is 5.32 Å². The van der Waals surface area contributed by atoms with E-state index in [2.05, 4.69) is 35.8 Å². The number of nitriles is 1. The Morgan fingerprint density at radius 1 is 1.64 bits per heavy atom. The lowest BCUT2D eigenvalue weighted by molar-refractivity contribution is 0.519. The number of hydrogen-bond donors (Lipinski definition) is 1. The molecule has 1 rings (SSSR count). The molecule has 76 valence electrons. The largest absolute Gasteiger partial charge is 0.309 e. The molecule has 1 atom stereocenters. The van der Waals surface area contributed by atoms with Crippen LogP contribution in [0.2, 0.25) is 0 Å². The third-order valence-electron chi connectivity index (χ3n) is 2.15. The second-order valence-electron chi connectivity index (χ2n) is 3.19. The summed E-state index contributed by atoms with van der Waals surface area (Å²) in [4.78, 5) is 1.39. The highest BCUT2D eigenvalue weighted by molar-refractivity contribution is 7.10. The van der Waals surface area contributed by atoms with Crippen LogP contribution in [-0.2, 0) is 0 Å². The zero-order valence-electron chi connectivity index (χ0n) is 8.49. The van der Waals surface area contributed by atoms with Gasteiger partial charge in [0.05, 0.1) is 6.07 Å². The summed E-state index contributed by atoms with van der Waals surface area (Å²) < 4.78 is 0. The van der Waals surface area contributed by atoms with E-state index in [0.29, 0.717) is 12.5 Å². The summed E-state index contributed by atoms with van der Waals surface area (Å²) in [6.45, 7) is 3.12. The fraction of sp³-hybridized carbons (Fsp3) is 0.545. The van der Waals surface area contributed by atoms with Gasteiger partial charge in [-0.2, -0.15) is 5.26 Å². The van der Waals surface area contributed by atoms with Crippen LogP contribution in [0.3, 0.4) is 0 Å². The van der Waals surface area contributed by atoms with Crippen LogP contribution in [0.25, 0.3) is 0 Å². The summed E-state index contributed by atoms with van der Waals surface area (Å²) in [5.41, 5.74) is 0. The van der Waals surface area contributed by atoms with Crippen molar-refractivity contribution in [3.8, 4) is 6.07 Å². The predicted octanol–water partition coefficient (Wildman–Crippen LogP) is 3.09. The quantitative estimate of drug-likeness (QED) is 0.729. The van der Waals surface area contributed by atoms with Crippen LogP contribution in [-0.4, -0.2) is 6.54 Å². The zero-order chi connectivity index (χ0) is 10.2. The van der Waals surface area contributed by atoms with E-state index in [1.807, 2.05) is 0 Å². The Kier molecular flexibility index (Phi) is 5.28. The Hall–Kier alpha value is -0.850. The first-order chi connectivity index (χ1) is 6.88. The Morgan fingerprint density at radius 3 is 3.07 bits per heavy atom. The van der Waals surface area contributed by atoms with Gasteiger partial charge in [-0.3, -0.25) is 0 Å². The highest BCUT2D eigenvalue weighted by Crippen LogP contribution is 2.21. The molecule has 0 aliphatic rings. The first kappa shape index (κ1) is 11.2. The average molecular weight is 208 g/mol. The Labute approximate surface area is 89.6 Å². The molecule has 14 heavy (non-hydrogen) atoms. The number of hydrogen-bond acceptors (Lipinski definition) is 3. The third-order valence-corrected chi connectivity index (χ3v) is 3.14. The van der Waals surface area contributed by atoms with Crippen LogP contribution in [0.5, 0.6) is 0 Å². The number of nitrogens with one attached hydrogen (secondary N) is 1. The van der Waals surface area contributed by atoms with Crippen molar-refractivity contribution >= 4 is 11.3 Å². The zero-order valence-corrected chi connectivity index (χ0v) is 9.31. The van der Waals surface area contributed by atoms with Crippen molar-refractivity contribution in [2.75, 3.05) is 6.54 Å². The monoisotopic (exact) mass is 208 g/mol. The topological polar surface area (TPSA) is 35.8 Å². The molecule has 0 aromatic carbocycles. The van der Waals surface area contributed by atoms with E-state index >= 15 is 0 Å². The molecule has 0 radical (unpaired) electrons. The minimum Gasteiger partial charge on any atom is -0.309 e. The molecule has 0 spiro atoms. The van der Waals surface area contributed by atoms with Crippen molar-refractivity contribution in [2.45, 2.75) is 32.2 Å². The summed E-state index contributed by atoms with van der Waals surface area (Å²) in [5.74, 6) is 0. The van der Waals surface area contributed by atoms with E-state index in [9.17, 15) is 0 Å². The normalized spacial score (nSPS) is 12.3. The molecule has 0 aliphatic heterocycles. The van der Waals surface area contributed by atoms with E-state index in [0.717, 1.165) is 19.4 Å². The fourth-order valence-electron chi connectivity index (χ4n) is 1.38. The molecule has 0 saturated heterocycles. The van der Waals surface area contributed by atoms with E-state index in [-0.39, 0.29) is 0 Å². The van der Waals surface area contributed by atoms with Gasteiger partial charge in [0.1, 0.15) is 0 Å². The molecule has 0 amide bonds. The van der Waals surface area contributed by atoms with Gasteiger partial charge < -0.3 is 5.32 Å². The summed E-state index contributed by atoms with van der Waals surface area (Å²) in [6, 6.07) is 6.87. The van der Waals surface area contributed by atoms with Crippen molar-refractivity contribution < 1.29 is 0 Å². The van der Waals surface area contributed by atoms with Crippen LogP contribution in [0, 0.1) is 11.3 Å². The van der Waals surface area contributed by atoms with Gasteiger partial charge in [0.25, 0.3) is 0 Å². The lowest BCUT2D eigenvalue weighted by Crippen LogP contribution is -2.20. The second kappa shape index (κ2) is 6.58. The standard InChI is InChI=1S/C11H16N2S/c1-2-10(11-6-5-9-14-11)13-8-4-3-7-12/h5-6,9-10,13H,2-4,8H2,1H3. The van der Waals surface area contributed by atoms with E-state index < -0.39 is 0 Å². The summed E-state index contributed by atoms with van der Waals surface area (Å²) >= 11 is 1.79. The highest BCUT2D eigenvalue weighted by atomic mass is 32.1. The van der Waals surface area contributed by atoms with Gasteiger partial charge in [-0.15, -0.1) is 11.3 Å². The van der Waals surface area contributed by atoms with Crippen LogP contribution < -0.4 is 5.32 Å². The molecule has 3 heteroatoms. The lowest BCUT2D eigenvalue weighted by atomic mass is 10.2. The van der Waals surface area contributed by atoms with Gasteiger partial charge >= 0.3 is 0 Å². The maximum absolute atomic E-state index is 8.40. The van der Waals surface area contributed by atoms with E-state index in [4.69, 9.17) is 5.26 Å². The van der Waals surface area contributed by atoms with Crippen molar-refractivity contribution in [2.24, 2.45) is 0 Å². The minimum absolute atomic E-state index is 0.466. The molecule has 0 fully saturated rings. The Bertz CT molecular complexity index is 274. The van der Waals surface area contributed by atoms with Gasteiger partial charge in [0, 0.05) is 17.3 Å². The van der Waals surface area contributed by atoms with Crippen LogP contribution >= 0.6 is 11.3 Å². The van der Waals surface area contributed by atoms with Crippen molar-refractivity contribution in [3.05, 3.63) is 22.4 Å². The molecule has 0 saturated carbocycles. The minimum atomic E-state index is 0.466. The van der Waals surface area contributed by atoms with E-state index in [1.165, 1.54) is 4.88 Å². The maximum Gasteiger partial charge on any atom is 0.0622 e. The molecule has 1 N–H and O–H groups in total. The summed E-state index contributed by atoms with van der Waals surface area (Å²) in [5, 5.41) is 14.0. The summed E-state index contributed by atoms with van der Waals surface area (Å²) in [7, 11) is 0. The smallest absolute Gasteiger partial charge is 0.0622 e. The molecule has 0 bridgehead atoms. The molecular weight excluding hydrogens is 192 g/mol. The highest BCUT2D eigenvalue weighted by Gasteiger charge is 2.08. The van der Waals surface area contributed by atoms with Gasteiger partial charge in [-0.1, -0.05) is 13.0 Å². The van der Waals surface area contributed by atoms with Crippen molar-refractivity contribution in [3.63, 3.8) is 0 Å². The maximum atomic E-state index is 8.40. The SMILES string of the molecule is CCC(NCCCC#N)c1cccs1. The van der Waals surface area contributed by atoms with Crippen LogP contribution in [0.15, 0.2) is 17.5 Å². The first-order valence-corrected chi connectivity index (χ1v) is 5.90. The fourth-order valence-corrected chi connectivity index (χ4v) is 2.27. The molecule has 1 aromatic rings. The Morgan fingerprint density at radius 2 is 2.50 bits per heavy atom. The lowest BCUT2D eigenvalue weighted by Gasteiger charge is -2.14. The van der Waals surface area contributed by atoms with Gasteiger partial charge in [-0.25, -0.2) is 0 Å². The van der Waals surface area contributed by atoms with Crippen molar-refractivity contribution in [1.29, 1.82) is 5.26 Å². The number of rotatable bonds is 6. The van der Waals surface area contributed by atoms with Crippen LogP contribution in [0.1, 0.15) is 37.1 Å². The van der Waals surface area contributed by atoms with Gasteiger partial charge in [0.2, 0.25) is 0 Å². The molecule has 1 heterocycles. The first-order valence-electron chi connectivity index (χ1n) is 5.02. The second-order valence-corrected chi connectivity index (χ2v) is 4.17. The third kappa shape index (κ3) is 3.49. The molecular formula is C11H16N2S. The van der Waals surface area contributed by atoms with Gasteiger partial charge in [0.15, 0.2) is 0 Å². The molecule has 0 aliphatic carbocycles. The van der Waals surface area contributed by atoms with Gasteiger partial charge in [-0.05, 0) is 30.8 Å².